The fourth-order valence-corrected chi connectivity index (χ4v) is 3.05. The van der Waals surface area contributed by atoms with Gasteiger partial charge < -0.3 is 4.74 Å². The second-order valence-corrected chi connectivity index (χ2v) is 6.97. The van der Waals surface area contributed by atoms with Crippen LogP contribution in [0.3, 0.4) is 0 Å². The molecule has 2 N–H and O–H groups in total. The number of benzene rings is 2. The average molecular weight is 393 g/mol. The second kappa shape index (κ2) is 10.2. The zero-order valence-corrected chi connectivity index (χ0v) is 16.2. The van der Waals surface area contributed by atoms with Gasteiger partial charge in [0.2, 0.25) is 0 Å². The van der Waals surface area contributed by atoms with Gasteiger partial charge in [-0.05, 0) is 55.8 Å². The fourth-order valence-electron chi connectivity index (χ4n) is 2.07. The van der Waals surface area contributed by atoms with E-state index in [1.54, 1.807) is 37.7 Å². The van der Waals surface area contributed by atoms with E-state index in [1.165, 1.54) is 0 Å². The number of hydrogen-bond donors (Lipinski definition) is 2. The summed E-state index contributed by atoms with van der Waals surface area (Å²) in [5, 5.41) is 0.715. The first-order chi connectivity index (χ1) is 12.5. The molecule has 0 spiro atoms. The number of rotatable bonds is 7. The summed E-state index contributed by atoms with van der Waals surface area (Å²) in [6.45, 7) is 3.85. The lowest BCUT2D eigenvalue weighted by molar-refractivity contribution is -0.132. The van der Waals surface area contributed by atoms with Crippen LogP contribution >= 0.6 is 23.4 Å². The third kappa shape index (κ3) is 6.37. The molecule has 1 atom stereocenters. The van der Waals surface area contributed by atoms with E-state index >= 15 is 0 Å². The summed E-state index contributed by atoms with van der Waals surface area (Å²) in [5.41, 5.74) is 6.30. The Morgan fingerprint density at radius 2 is 1.73 bits per heavy atom. The Morgan fingerprint density at radius 3 is 2.35 bits per heavy atom. The molecule has 0 bridgehead atoms. The standard InChI is InChI=1S/C19H21ClN2O3S/c1-3-25-13(2)18(23)21-22-19(24)15-6-4-14(5-7-15)12-26-17-10-8-16(20)9-11-17/h4-11,13H,3,12H2,1-2H3,(H,21,23)(H,22,24). The lowest BCUT2D eigenvalue weighted by atomic mass is 10.1. The van der Waals surface area contributed by atoms with Crippen molar-refractivity contribution >= 4 is 35.2 Å². The van der Waals surface area contributed by atoms with Gasteiger partial charge in [-0.2, -0.15) is 0 Å². The summed E-state index contributed by atoms with van der Waals surface area (Å²) < 4.78 is 5.15. The minimum Gasteiger partial charge on any atom is -0.369 e. The maximum absolute atomic E-state index is 12.1. The van der Waals surface area contributed by atoms with Crippen LogP contribution in [-0.2, 0) is 15.3 Å². The number of thioether (sulfide) groups is 1. The topological polar surface area (TPSA) is 67.4 Å². The highest BCUT2D eigenvalue weighted by atomic mass is 35.5. The number of carbonyl (C=O) groups excluding carboxylic acids is 2. The van der Waals surface area contributed by atoms with E-state index in [2.05, 4.69) is 10.9 Å². The Labute approximate surface area is 162 Å². The first-order valence-electron chi connectivity index (χ1n) is 8.18. The summed E-state index contributed by atoms with van der Waals surface area (Å²) in [5.74, 6) is 0.0155. The third-order valence-corrected chi connectivity index (χ3v) is 4.86. The molecule has 0 fully saturated rings. The van der Waals surface area contributed by atoms with Gasteiger partial charge in [-0.15, -0.1) is 11.8 Å². The first-order valence-corrected chi connectivity index (χ1v) is 9.55. The van der Waals surface area contributed by atoms with E-state index in [-0.39, 0.29) is 5.91 Å². The normalized spacial score (nSPS) is 11.7. The van der Waals surface area contributed by atoms with Crippen LogP contribution in [0.2, 0.25) is 5.02 Å². The van der Waals surface area contributed by atoms with Crippen molar-refractivity contribution in [1.29, 1.82) is 0 Å². The van der Waals surface area contributed by atoms with Gasteiger partial charge in [-0.25, -0.2) is 0 Å². The van der Waals surface area contributed by atoms with Crippen molar-refractivity contribution in [1.82, 2.24) is 10.9 Å². The average Bonchev–Trinajstić information content (AvgIpc) is 2.66. The molecule has 0 aromatic heterocycles. The largest absolute Gasteiger partial charge is 0.369 e. The quantitative estimate of drug-likeness (QED) is 0.555. The van der Waals surface area contributed by atoms with Gasteiger partial charge in [0.25, 0.3) is 11.8 Å². The van der Waals surface area contributed by atoms with Gasteiger partial charge in [-0.1, -0.05) is 23.7 Å². The smallest absolute Gasteiger partial charge is 0.269 e. The van der Waals surface area contributed by atoms with Crippen molar-refractivity contribution in [3.8, 4) is 0 Å². The summed E-state index contributed by atoms with van der Waals surface area (Å²) in [6.07, 6.45) is -0.618. The predicted octanol–water partition coefficient (Wildman–Crippen LogP) is 3.82. The number of halogens is 1. The number of hydrogen-bond acceptors (Lipinski definition) is 4. The molecule has 2 rings (SSSR count). The molecule has 2 aromatic rings. The maximum Gasteiger partial charge on any atom is 0.269 e. The molecule has 0 heterocycles. The van der Waals surface area contributed by atoms with Crippen LogP contribution in [0, 0.1) is 0 Å². The van der Waals surface area contributed by atoms with Crippen LogP contribution in [-0.4, -0.2) is 24.5 Å². The summed E-state index contributed by atoms with van der Waals surface area (Å²) >= 11 is 7.56. The number of carbonyl (C=O) groups is 2. The Kier molecular flexibility index (Phi) is 7.97. The van der Waals surface area contributed by atoms with Crippen molar-refractivity contribution < 1.29 is 14.3 Å². The van der Waals surface area contributed by atoms with Crippen molar-refractivity contribution in [2.75, 3.05) is 6.61 Å². The minimum absolute atomic E-state index is 0.376. The van der Waals surface area contributed by atoms with Gasteiger partial charge in [0.1, 0.15) is 6.10 Å². The second-order valence-electron chi connectivity index (χ2n) is 5.48. The molecule has 0 saturated carbocycles. The van der Waals surface area contributed by atoms with Gasteiger partial charge in [0, 0.05) is 27.8 Å². The van der Waals surface area contributed by atoms with Gasteiger partial charge >= 0.3 is 0 Å². The van der Waals surface area contributed by atoms with Gasteiger partial charge in [-0.3, -0.25) is 20.4 Å². The van der Waals surface area contributed by atoms with E-state index in [1.807, 2.05) is 36.4 Å². The fraction of sp³-hybridized carbons (Fsp3) is 0.263. The van der Waals surface area contributed by atoms with Crippen molar-refractivity contribution in [2.24, 2.45) is 0 Å². The SMILES string of the molecule is CCOC(C)C(=O)NNC(=O)c1ccc(CSc2ccc(Cl)cc2)cc1. The summed E-state index contributed by atoms with van der Waals surface area (Å²) in [6, 6.07) is 14.9. The summed E-state index contributed by atoms with van der Waals surface area (Å²) in [4.78, 5) is 24.9. The van der Waals surface area contributed by atoms with Crippen LogP contribution in [0.1, 0.15) is 29.8 Å². The third-order valence-electron chi connectivity index (χ3n) is 3.52. The zero-order valence-electron chi connectivity index (χ0n) is 14.6. The van der Waals surface area contributed by atoms with Crippen molar-refractivity contribution in [2.45, 2.75) is 30.6 Å². The number of amides is 2. The first kappa shape index (κ1) is 20.3. The highest BCUT2D eigenvalue weighted by Crippen LogP contribution is 2.24. The molecule has 138 valence electrons. The number of nitrogens with one attached hydrogen (secondary N) is 2. The maximum atomic E-state index is 12.1. The lowest BCUT2D eigenvalue weighted by Gasteiger charge is -2.12. The van der Waals surface area contributed by atoms with Crippen LogP contribution in [0.4, 0.5) is 0 Å². The van der Waals surface area contributed by atoms with E-state index < -0.39 is 12.0 Å². The number of hydrazine groups is 1. The molecule has 0 aliphatic carbocycles. The molecule has 0 radical (unpaired) electrons. The Hall–Kier alpha value is -2.02. The van der Waals surface area contributed by atoms with Crippen LogP contribution in [0.25, 0.3) is 0 Å². The van der Waals surface area contributed by atoms with E-state index in [4.69, 9.17) is 16.3 Å². The summed E-state index contributed by atoms with van der Waals surface area (Å²) in [7, 11) is 0. The Balaban J connectivity index is 1.83. The van der Waals surface area contributed by atoms with Crippen LogP contribution in [0.15, 0.2) is 53.4 Å². The van der Waals surface area contributed by atoms with E-state index in [9.17, 15) is 9.59 Å². The molecule has 1 unspecified atom stereocenters. The Morgan fingerprint density at radius 1 is 1.08 bits per heavy atom. The molecule has 5 nitrogen and oxygen atoms in total. The molecule has 2 amide bonds. The molecular formula is C19H21ClN2O3S. The molecular weight excluding hydrogens is 372 g/mol. The van der Waals surface area contributed by atoms with Crippen LogP contribution in [0.5, 0.6) is 0 Å². The molecule has 26 heavy (non-hydrogen) atoms. The molecule has 0 aliphatic heterocycles. The molecule has 7 heteroatoms. The van der Waals surface area contributed by atoms with Crippen molar-refractivity contribution in [3.63, 3.8) is 0 Å². The van der Waals surface area contributed by atoms with Gasteiger partial charge in [0.15, 0.2) is 0 Å². The highest BCUT2D eigenvalue weighted by Gasteiger charge is 2.13. The van der Waals surface area contributed by atoms with Crippen molar-refractivity contribution in [3.05, 3.63) is 64.7 Å². The minimum atomic E-state index is -0.618. The van der Waals surface area contributed by atoms with Crippen LogP contribution < -0.4 is 10.9 Å². The predicted molar refractivity (Wildman–Crippen MR) is 104 cm³/mol. The molecule has 0 aliphatic rings. The Bertz CT molecular complexity index is 735. The molecule has 2 aromatic carbocycles. The lowest BCUT2D eigenvalue weighted by Crippen LogP contribution is -2.46. The molecule has 0 saturated heterocycles. The van der Waals surface area contributed by atoms with E-state index in [0.717, 1.165) is 16.2 Å². The van der Waals surface area contributed by atoms with E-state index in [0.29, 0.717) is 17.2 Å². The zero-order chi connectivity index (χ0) is 18.9. The van der Waals surface area contributed by atoms with Gasteiger partial charge in [0.05, 0.1) is 0 Å². The highest BCUT2D eigenvalue weighted by molar-refractivity contribution is 7.98. The monoisotopic (exact) mass is 392 g/mol. The number of ether oxygens (including phenoxy) is 1.